The van der Waals surface area contributed by atoms with Crippen molar-refractivity contribution in [3.05, 3.63) is 53.6 Å². The SMILES string of the molecule is Cc1ncn(CC(=O)NCCN2CCC(c3ccccc3)CC2)c1C. The third-order valence-electron chi connectivity index (χ3n) is 5.27. The summed E-state index contributed by atoms with van der Waals surface area (Å²) in [6.07, 6.45) is 4.13. The van der Waals surface area contributed by atoms with Crippen LogP contribution in [0.5, 0.6) is 0 Å². The first kappa shape index (κ1) is 17.7. The molecule has 1 aliphatic rings. The number of carbonyl (C=O) groups is 1. The Labute approximate surface area is 150 Å². The molecular formula is C20H28N4O. The molecule has 0 atom stereocenters. The average molecular weight is 340 g/mol. The highest BCUT2D eigenvalue weighted by Crippen LogP contribution is 2.27. The van der Waals surface area contributed by atoms with E-state index in [-0.39, 0.29) is 5.91 Å². The minimum atomic E-state index is 0.0553. The number of imidazole rings is 1. The average Bonchev–Trinajstić information content (AvgIpc) is 2.95. The number of nitrogens with zero attached hydrogens (tertiary/aromatic N) is 3. The van der Waals surface area contributed by atoms with Gasteiger partial charge in [0.15, 0.2) is 0 Å². The zero-order valence-electron chi connectivity index (χ0n) is 15.2. The Balaban J connectivity index is 1.36. The maximum atomic E-state index is 12.1. The van der Waals surface area contributed by atoms with Gasteiger partial charge in [0.05, 0.1) is 12.0 Å². The first-order chi connectivity index (χ1) is 12.1. The highest BCUT2D eigenvalue weighted by molar-refractivity contribution is 5.75. The second kappa shape index (κ2) is 8.30. The van der Waals surface area contributed by atoms with Crippen LogP contribution in [-0.4, -0.2) is 46.5 Å². The summed E-state index contributed by atoms with van der Waals surface area (Å²) in [5, 5.41) is 3.03. The van der Waals surface area contributed by atoms with Crippen molar-refractivity contribution in [3.63, 3.8) is 0 Å². The van der Waals surface area contributed by atoms with E-state index in [1.165, 1.54) is 18.4 Å². The summed E-state index contributed by atoms with van der Waals surface area (Å²) in [6, 6.07) is 10.8. The molecule has 1 amide bonds. The van der Waals surface area contributed by atoms with Crippen LogP contribution in [0.4, 0.5) is 0 Å². The van der Waals surface area contributed by atoms with Crippen molar-refractivity contribution in [1.82, 2.24) is 19.8 Å². The van der Waals surface area contributed by atoms with E-state index in [0.29, 0.717) is 19.0 Å². The number of amides is 1. The molecule has 1 N–H and O–H groups in total. The van der Waals surface area contributed by atoms with Crippen molar-refractivity contribution in [2.24, 2.45) is 0 Å². The molecule has 3 rings (SSSR count). The molecule has 2 aromatic rings. The molecule has 1 aromatic carbocycles. The zero-order valence-corrected chi connectivity index (χ0v) is 15.2. The molecule has 5 nitrogen and oxygen atoms in total. The van der Waals surface area contributed by atoms with Gasteiger partial charge in [-0.25, -0.2) is 4.98 Å². The number of hydrogen-bond donors (Lipinski definition) is 1. The summed E-state index contributed by atoms with van der Waals surface area (Å²) in [6.45, 7) is 8.15. The van der Waals surface area contributed by atoms with Crippen LogP contribution in [0.1, 0.15) is 35.7 Å². The number of rotatable bonds is 6. The summed E-state index contributed by atoms with van der Waals surface area (Å²) in [7, 11) is 0. The molecule has 0 radical (unpaired) electrons. The number of carbonyl (C=O) groups excluding carboxylic acids is 1. The molecule has 1 aliphatic heterocycles. The van der Waals surface area contributed by atoms with Crippen LogP contribution in [0, 0.1) is 13.8 Å². The topological polar surface area (TPSA) is 50.2 Å². The van der Waals surface area contributed by atoms with E-state index in [1.54, 1.807) is 6.33 Å². The Morgan fingerprint density at radius 2 is 1.92 bits per heavy atom. The van der Waals surface area contributed by atoms with Gasteiger partial charge in [-0.3, -0.25) is 4.79 Å². The number of likely N-dealkylation sites (tertiary alicyclic amines) is 1. The fourth-order valence-electron chi connectivity index (χ4n) is 3.48. The van der Waals surface area contributed by atoms with Gasteiger partial charge in [0.25, 0.3) is 0 Å². The monoisotopic (exact) mass is 340 g/mol. The van der Waals surface area contributed by atoms with Crippen LogP contribution >= 0.6 is 0 Å². The molecular weight excluding hydrogens is 312 g/mol. The van der Waals surface area contributed by atoms with Gasteiger partial charge in [-0.2, -0.15) is 0 Å². The second-order valence-electron chi connectivity index (χ2n) is 6.92. The number of nitrogens with one attached hydrogen (secondary N) is 1. The van der Waals surface area contributed by atoms with E-state index < -0.39 is 0 Å². The lowest BCUT2D eigenvalue weighted by atomic mass is 9.89. The van der Waals surface area contributed by atoms with Gasteiger partial charge in [-0.15, -0.1) is 0 Å². The number of aryl methyl sites for hydroxylation is 1. The highest BCUT2D eigenvalue weighted by atomic mass is 16.1. The van der Waals surface area contributed by atoms with Crippen molar-refractivity contribution < 1.29 is 4.79 Å². The standard InChI is InChI=1S/C20H28N4O/c1-16-17(2)24(15-22-16)14-20(25)21-10-13-23-11-8-19(9-12-23)18-6-4-3-5-7-18/h3-7,15,19H,8-14H2,1-2H3,(H,21,25). The maximum Gasteiger partial charge on any atom is 0.240 e. The van der Waals surface area contributed by atoms with E-state index in [2.05, 4.69) is 45.5 Å². The van der Waals surface area contributed by atoms with E-state index >= 15 is 0 Å². The third kappa shape index (κ3) is 4.69. The molecule has 0 bridgehead atoms. The zero-order chi connectivity index (χ0) is 17.6. The van der Waals surface area contributed by atoms with Gasteiger partial charge in [0.2, 0.25) is 5.91 Å². The Morgan fingerprint density at radius 1 is 1.20 bits per heavy atom. The fourth-order valence-corrected chi connectivity index (χ4v) is 3.48. The van der Waals surface area contributed by atoms with Gasteiger partial charge >= 0.3 is 0 Å². The number of benzene rings is 1. The van der Waals surface area contributed by atoms with Gasteiger partial charge in [-0.05, 0) is 51.3 Å². The van der Waals surface area contributed by atoms with Gasteiger partial charge < -0.3 is 14.8 Å². The minimum Gasteiger partial charge on any atom is -0.353 e. The normalized spacial score (nSPS) is 16.1. The van der Waals surface area contributed by atoms with Gasteiger partial charge in [-0.1, -0.05) is 30.3 Å². The van der Waals surface area contributed by atoms with Gasteiger partial charge in [0.1, 0.15) is 6.54 Å². The van der Waals surface area contributed by atoms with Crippen molar-refractivity contribution in [2.75, 3.05) is 26.2 Å². The van der Waals surface area contributed by atoms with Crippen molar-refractivity contribution >= 4 is 5.91 Å². The molecule has 0 unspecified atom stereocenters. The second-order valence-corrected chi connectivity index (χ2v) is 6.92. The summed E-state index contributed by atoms with van der Waals surface area (Å²) in [5.41, 5.74) is 3.49. The van der Waals surface area contributed by atoms with Crippen LogP contribution in [0.3, 0.4) is 0 Å². The fraction of sp³-hybridized carbons (Fsp3) is 0.500. The van der Waals surface area contributed by atoms with Crippen molar-refractivity contribution in [3.8, 4) is 0 Å². The molecule has 1 aromatic heterocycles. The van der Waals surface area contributed by atoms with E-state index in [9.17, 15) is 4.79 Å². The molecule has 0 aliphatic carbocycles. The summed E-state index contributed by atoms with van der Waals surface area (Å²) in [5.74, 6) is 0.735. The molecule has 1 saturated heterocycles. The van der Waals surface area contributed by atoms with Crippen molar-refractivity contribution in [1.29, 1.82) is 0 Å². The Hall–Kier alpha value is -2.14. The van der Waals surface area contributed by atoms with Crippen molar-refractivity contribution in [2.45, 2.75) is 39.2 Å². The number of piperidine rings is 1. The highest BCUT2D eigenvalue weighted by Gasteiger charge is 2.20. The van der Waals surface area contributed by atoms with Crippen LogP contribution in [0.2, 0.25) is 0 Å². The van der Waals surface area contributed by atoms with Crippen LogP contribution < -0.4 is 5.32 Å². The third-order valence-corrected chi connectivity index (χ3v) is 5.27. The molecule has 0 saturated carbocycles. The maximum absolute atomic E-state index is 12.1. The van der Waals surface area contributed by atoms with Crippen LogP contribution in [0.15, 0.2) is 36.7 Å². The minimum absolute atomic E-state index is 0.0553. The summed E-state index contributed by atoms with van der Waals surface area (Å²) in [4.78, 5) is 18.8. The van der Waals surface area contributed by atoms with E-state index in [0.717, 1.165) is 31.0 Å². The predicted octanol–water partition coefficient (Wildman–Crippen LogP) is 2.50. The van der Waals surface area contributed by atoms with Gasteiger partial charge in [0, 0.05) is 18.8 Å². The Kier molecular flexibility index (Phi) is 5.87. The summed E-state index contributed by atoms with van der Waals surface area (Å²) < 4.78 is 1.90. The molecule has 0 spiro atoms. The van der Waals surface area contributed by atoms with Crippen LogP contribution in [-0.2, 0) is 11.3 Å². The van der Waals surface area contributed by atoms with Crippen LogP contribution in [0.25, 0.3) is 0 Å². The lowest BCUT2D eigenvalue weighted by Crippen LogP contribution is -2.40. The first-order valence-electron chi connectivity index (χ1n) is 9.16. The lowest BCUT2D eigenvalue weighted by Gasteiger charge is -2.32. The summed E-state index contributed by atoms with van der Waals surface area (Å²) >= 11 is 0. The smallest absolute Gasteiger partial charge is 0.240 e. The number of aromatic nitrogens is 2. The quantitative estimate of drug-likeness (QED) is 0.879. The lowest BCUT2D eigenvalue weighted by molar-refractivity contribution is -0.121. The molecule has 2 heterocycles. The predicted molar refractivity (Wildman–Crippen MR) is 99.6 cm³/mol. The largest absolute Gasteiger partial charge is 0.353 e. The molecule has 1 fully saturated rings. The number of hydrogen-bond acceptors (Lipinski definition) is 3. The molecule has 134 valence electrons. The Bertz CT molecular complexity index is 687. The first-order valence-corrected chi connectivity index (χ1v) is 9.16. The molecule has 25 heavy (non-hydrogen) atoms. The molecule has 5 heteroatoms. The Morgan fingerprint density at radius 3 is 2.56 bits per heavy atom. The van der Waals surface area contributed by atoms with E-state index in [1.807, 2.05) is 18.4 Å². The van der Waals surface area contributed by atoms with E-state index in [4.69, 9.17) is 0 Å².